The number of hydrogen-bond donors (Lipinski definition) is 2. The van der Waals surface area contributed by atoms with Gasteiger partial charge >= 0.3 is 0 Å². The van der Waals surface area contributed by atoms with Crippen molar-refractivity contribution in [3.8, 4) is 0 Å². The molecule has 12 heavy (non-hydrogen) atoms. The molecular weight excluding hydrogens is 152 g/mol. The zero-order chi connectivity index (χ0) is 9.72. The summed E-state index contributed by atoms with van der Waals surface area (Å²) >= 11 is 0. The van der Waals surface area contributed by atoms with Crippen molar-refractivity contribution in [3.63, 3.8) is 0 Å². The molecule has 4 heteroatoms. The van der Waals surface area contributed by atoms with Crippen molar-refractivity contribution in [2.75, 3.05) is 42.3 Å². The van der Waals surface area contributed by atoms with Crippen LogP contribution in [0.15, 0.2) is 11.6 Å². The Labute approximate surface area is 75.2 Å². The molecule has 0 aliphatic heterocycles. The standard InChI is InChI=1S/C8H20N4/c1-9-7(11(3)4)8(10-2)12(5)6/h9-10H,1-6H3/b8-7-. The van der Waals surface area contributed by atoms with Gasteiger partial charge in [0.15, 0.2) is 0 Å². The molecule has 0 spiro atoms. The van der Waals surface area contributed by atoms with Gasteiger partial charge in [0.25, 0.3) is 0 Å². The smallest absolute Gasteiger partial charge is 0.142 e. The molecule has 0 aliphatic carbocycles. The van der Waals surface area contributed by atoms with E-state index in [4.69, 9.17) is 0 Å². The molecule has 0 heterocycles. The van der Waals surface area contributed by atoms with E-state index in [1.807, 2.05) is 52.1 Å². The van der Waals surface area contributed by atoms with Crippen LogP contribution in [-0.2, 0) is 0 Å². The van der Waals surface area contributed by atoms with Gasteiger partial charge < -0.3 is 20.4 Å². The predicted octanol–water partition coefficient (Wildman–Crippen LogP) is -0.325. The van der Waals surface area contributed by atoms with Crippen molar-refractivity contribution in [2.45, 2.75) is 0 Å². The van der Waals surface area contributed by atoms with E-state index in [1.165, 1.54) is 0 Å². The third kappa shape index (κ3) is 2.53. The first-order valence-corrected chi connectivity index (χ1v) is 3.99. The van der Waals surface area contributed by atoms with Gasteiger partial charge in [-0.1, -0.05) is 0 Å². The fourth-order valence-corrected chi connectivity index (χ4v) is 1.11. The second kappa shape index (κ2) is 4.74. The molecule has 0 aromatic heterocycles. The number of nitrogens with one attached hydrogen (secondary N) is 2. The van der Waals surface area contributed by atoms with Gasteiger partial charge in [-0.05, 0) is 0 Å². The lowest BCUT2D eigenvalue weighted by atomic mass is 10.5. The lowest BCUT2D eigenvalue weighted by Crippen LogP contribution is -2.34. The zero-order valence-electron chi connectivity index (χ0n) is 8.89. The second-order valence-electron chi connectivity index (χ2n) is 2.99. The Morgan fingerprint density at radius 1 is 0.750 bits per heavy atom. The largest absolute Gasteiger partial charge is 0.372 e. The Morgan fingerprint density at radius 2 is 1.00 bits per heavy atom. The van der Waals surface area contributed by atoms with Gasteiger partial charge in [-0.25, -0.2) is 0 Å². The monoisotopic (exact) mass is 172 g/mol. The molecule has 0 unspecified atom stereocenters. The van der Waals surface area contributed by atoms with Crippen LogP contribution < -0.4 is 10.6 Å². The molecule has 0 bridgehead atoms. The fourth-order valence-electron chi connectivity index (χ4n) is 1.11. The van der Waals surface area contributed by atoms with Crippen molar-refractivity contribution < 1.29 is 0 Å². The Morgan fingerprint density at radius 3 is 1.08 bits per heavy atom. The first kappa shape index (κ1) is 10.9. The average Bonchev–Trinajstić information content (AvgIpc) is 1.98. The first-order valence-electron chi connectivity index (χ1n) is 3.99. The van der Waals surface area contributed by atoms with Gasteiger partial charge in [0.2, 0.25) is 0 Å². The van der Waals surface area contributed by atoms with Crippen LogP contribution in [0.3, 0.4) is 0 Å². The van der Waals surface area contributed by atoms with Crippen molar-refractivity contribution in [2.24, 2.45) is 0 Å². The SMILES string of the molecule is CN/C(=C(\NC)N(C)C)N(C)C. The van der Waals surface area contributed by atoms with Crippen LogP contribution in [-0.4, -0.2) is 52.1 Å². The summed E-state index contributed by atoms with van der Waals surface area (Å²) in [4.78, 5) is 4.07. The number of nitrogens with zero attached hydrogens (tertiary/aromatic N) is 2. The summed E-state index contributed by atoms with van der Waals surface area (Å²) in [7, 11) is 11.9. The average molecular weight is 172 g/mol. The van der Waals surface area contributed by atoms with Crippen LogP contribution in [0.1, 0.15) is 0 Å². The molecule has 0 amide bonds. The summed E-state index contributed by atoms with van der Waals surface area (Å²) in [5.41, 5.74) is 0. The van der Waals surface area contributed by atoms with Crippen LogP contribution in [0.25, 0.3) is 0 Å². The van der Waals surface area contributed by atoms with E-state index < -0.39 is 0 Å². The fraction of sp³-hybridized carbons (Fsp3) is 0.750. The van der Waals surface area contributed by atoms with Gasteiger partial charge in [0.1, 0.15) is 11.6 Å². The van der Waals surface area contributed by atoms with Gasteiger partial charge in [0, 0.05) is 42.3 Å². The molecule has 0 atom stereocenters. The summed E-state index contributed by atoms with van der Waals surface area (Å²) in [6.07, 6.45) is 0. The maximum Gasteiger partial charge on any atom is 0.142 e. The molecular formula is C8H20N4. The molecule has 0 radical (unpaired) electrons. The Balaban J connectivity index is 4.74. The normalized spacial score (nSPS) is 11.8. The lowest BCUT2D eigenvalue weighted by Gasteiger charge is -2.25. The minimum Gasteiger partial charge on any atom is -0.372 e. The van der Waals surface area contributed by atoms with Crippen LogP contribution in [0.4, 0.5) is 0 Å². The zero-order valence-corrected chi connectivity index (χ0v) is 8.89. The quantitative estimate of drug-likeness (QED) is 0.608. The topological polar surface area (TPSA) is 30.5 Å². The highest BCUT2D eigenvalue weighted by atomic mass is 15.3. The third-order valence-corrected chi connectivity index (χ3v) is 1.59. The first-order chi connectivity index (χ1) is 5.54. The van der Waals surface area contributed by atoms with E-state index >= 15 is 0 Å². The molecule has 72 valence electrons. The Kier molecular flexibility index (Phi) is 4.33. The lowest BCUT2D eigenvalue weighted by molar-refractivity contribution is 0.395. The maximum absolute atomic E-state index is 3.14. The number of hydrogen-bond acceptors (Lipinski definition) is 4. The molecule has 0 saturated heterocycles. The Hall–Kier alpha value is -1.06. The van der Waals surface area contributed by atoms with Crippen LogP contribution in [0.2, 0.25) is 0 Å². The predicted molar refractivity (Wildman–Crippen MR) is 52.5 cm³/mol. The summed E-state index contributed by atoms with van der Waals surface area (Å²) in [5.74, 6) is 2.14. The van der Waals surface area contributed by atoms with Crippen LogP contribution >= 0.6 is 0 Å². The minimum absolute atomic E-state index is 1.07. The van der Waals surface area contributed by atoms with Crippen molar-refractivity contribution >= 4 is 0 Å². The summed E-state index contributed by atoms with van der Waals surface area (Å²) in [6, 6.07) is 0. The van der Waals surface area contributed by atoms with Crippen molar-refractivity contribution in [1.29, 1.82) is 0 Å². The summed E-state index contributed by atoms with van der Waals surface area (Å²) in [5, 5.41) is 6.27. The molecule has 0 aliphatic rings. The highest BCUT2D eigenvalue weighted by molar-refractivity contribution is 5.06. The van der Waals surface area contributed by atoms with E-state index in [0.29, 0.717) is 0 Å². The van der Waals surface area contributed by atoms with E-state index in [9.17, 15) is 0 Å². The van der Waals surface area contributed by atoms with Gasteiger partial charge in [-0.2, -0.15) is 0 Å². The van der Waals surface area contributed by atoms with Crippen molar-refractivity contribution in [3.05, 3.63) is 11.6 Å². The highest BCUT2D eigenvalue weighted by Gasteiger charge is 2.06. The summed E-state index contributed by atoms with van der Waals surface area (Å²) in [6.45, 7) is 0. The third-order valence-electron chi connectivity index (χ3n) is 1.59. The number of rotatable bonds is 4. The molecule has 0 fully saturated rings. The van der Waals surface area contributed by atoms with Gasteiger partial charge in [-0.15, -0.1) is 0 Å². The maximum atomic E-state index is 3.14. The summed E-state index contributed by atoms with van der Waals surface area (Å²) < 4.78 is 0. The Bertz CT molecular complexity index is 142. The molecule has 0 saturated carbocycles. The van der Waals surface area contributed by atoms with E-state index in [-0.39, 0.29) is 0 Å². The van der Waals surface area contributed by atoms with E-state index in [1.54, 1.807) is 0 Å². The molecule has 2 N–H and O–H groups in total. The highest BCUT2D eigenvalue weighted by Crippen LogP contribution is 2.01. The van der Waals surface area contributed by atoms with E-state index in [0.717, 1.165) is 11.6 Å². The molecule has 0 aromatic carbocycles. The molecule has 0 rings (SSSR count). The minimum atomic E-state index is 1.07. The molecule has 4 nitrogen and oxygen atoms in total. The van der Waals surface area contributed by atoms with Gasteiger partial charge in [-0.3, -0.25) is 0 Å². The van der Waals surface area contributed by atoms with Crippen LogP contribution in [0, 0.1) is 0 Å². The van der Waals surface area contributed by atoms with Gasteiger partial charge in [0.05, 0.1) is 0 Å². The van der Waals surface area contributed by atoms with Crippen LogP contribution in [0.5, 0.6) is 0 Å². The van der Waals surface area contributed by atoms with E-state index in [2.05, 4.69) is 10.6 Å². The molecule has 0 aromatic rings. The van der Waals surface area contributed by atoms with Crippen molar-refractivity contribution in [1.82, 2.24) is 20.4 Å². The second-order valence-corrected chi connectivity index (χ2v) is 2.99.